The molecule has 0 aliphatic carbocycles. The number of carbonyl (C=O) groups is 2. The molecule has 0 aromatic carbocycles. The van der Waals surface area contributed by atoms with Crippen molar-refractivity contribution in [2.75, 3.05) is 32.8 Å². The quantitative estimate of drug-likeness (QED) is 0.782. The summed E-state index contributed by atoms with van der Waals surface area (Å²) in [5.74, 6) is 0.00813. The standard InChI is InChI=1S/C16H24N2O3S/c1-2-21-10-5-8-17-15(19)13-6-3-9-18(12-13)16(20)14-7-4-11-22-14/h4,7,11,13H,2-3,5-6,8-10,12H2,1H3,(H,17,19)/t13-/m0/s1. The van der Waals surface area contributed by atoms with E-state index in [1.807, 2.05) is 24.4 Å². The van der Waals surface area contributed by atoms with Gasteiger partial charge in [-0.25, -0.2) is 0 Å². The first-order valence-electron chi connectivity index (χ1n) is 7.90. The van der Waals surface area contributed by atoms with Crippen molar-refractivity contribution in [2.45, 2.75) is 26.2 Å². The molecule has 1 aromatic heterocycles. The number of amides is 2. The summed E-state index contributed by atoms with van der Waals surface area (Å²) in [6.45, 7) is 5.23. The molecule has 0 saturated carbocycles. The van der Waals surface area contributed by atoms with E-state index in [0.29, 0.717) is 26.3 Å². The lowest BCUT2D eigenvalue weighted by Crippen LogP contribution is -2.45. The first-order chi connectivity index (χ1) is 10.7. The van der Waals surface area contributed by atoms with Gasteiger partial charge >= 0.3 is 0 Å². The maximum absolute atomic E-state index is 12.3. The molecule has 1 aliphatic heterocycles. The molecule has 1 saturated heterocycles. The van der Waals surface area contributed by atoms with Crippen molar-refractivity contribution in [1.82, 2.24) is 10.2 Å². The topological polar surface area (TPSA) is 58.6 Å². The van der Waals surface area contributed by atoms with Gasteiger partial charge in [0.15, 0.2) is 0 Å². The fourth-order valence-electron chi connectivity index (χ4n) is 2.61. The van der Waals surface area contributed by atoms with Crippen molar-refractivity contribution in [3.63, 3.8) is 0 Å². The molecule has 2 amide bonds. The van der Waals surface area contributed by atoms with Crippen LogP contribution in [0.4, 0.5) is 0 Å². The van der Waals surface area contributed by atoms with E-state index in [4.69, 9.17) is 4.74 Å². The molecule has 1 aliphatic rings. The van der Waals surface area contributed by atoms with Gasteiger partial charge in [-0.15, -0.1) is 11.3 Å². The van der Waals surface area contributed by atoms with Gasteiger partial charge in [0.2, 0.25) is 5.91 Å². The zero-order valence-electron chi connectivity index (χ0n) is 13.0. The third kappa shape index (κ3) is 4.81. The minimum atomic E-state index is -0.0928. The van der Waals surface area contributed by atoms with Crippen molar-refractivity contribution in [3.05, 3.63) is 22.4 Å². The number of piperidine rings is 1. The Morgan fingerprint density at radius 3 is 3.09 bits per heavy atom. The van der Waals surface area contributed by atoms with Crippen LogP contribution in [0.5, 0.6) is 0 Å². The average molecular weight is 324 g/mol. The highest BCUT2D eigenvalue weighted by Crippen LogP contribution is 2.20. The van der Waals surface area contributed by atoms with Crippen LogP contribution in [-0.4, -0.2) is 49.6 Å². The first-order valence-corrected chi connectivity index (χ1v) is 8.78. The highest BCUT2D eigenvalue weighted by atomic mass is 32.1. The third-order valence-electron chi connectivity index (χ3n) is 3.78. The summed E-state index contributed by atoms with van der Waals surface area (Å²) in [6.07, 6.45) is 2.56. The minimum Gasteiger partial charge on any atom is -0.382 e. The van der Waals surface area contributed by atoms with Crippen LogP contribution in [0.1, 0.15) is 35.9 Å². The summed E-state index contributed by atoms with van der Waals surface area (Å²) in [4.78, 5) is 27.1. The van der Waals surface area contributed by atoms with Crippen molar-refractivity contribution >= 4 is 23.2 Å². The summed E-state index contributed by atoms with van der Waals surface area (Å²) in [6, 6.07) is 3.72. The molecule has 5 nitrogen and oxygen atoms in total. The summed E-state index contributed by atoms with van der Waals surface area (Å²) in [7, 11) is 0. The van der Waals surface area contributed by atoms with Gasteiger partial charge in [0.1, 0.15) is 0 Å². The molecule has 22 heavy (non-hydrogen) atoms. The number of nitrogens with zero attached hydrogens (tertiary/aromatic N) is 1. The maximum Gasteiger partial charge on any atom is 0.263 e. The van der Waals surface area contributed by atoms with E-state index in [-0.39, 0.29) is 17.7 Å². The monoisotopic (exact) mass is 324 g/mol. The number of nitrogens with one attached hydrogen (secondary N) is 1. The maximum atomic E-state index is 12.3. The van der Waals surface area contributed by atoms with Gasteiger partial charge in [0.25, 0.3) is 5.91 Å². The SMILES string of the molecule is CCOCCCNC(=O)[C@H]1CCCN(C(=O)c2cccs2)C1. The van der Waals surface area contributed by atoms with Crippen LogP contribution in [0.15, 0.2) is 17.5 Å². The molecular formula is C16H24N2O3S. The fraction of sp³-hybridized carbons (Fsp3) is 0.625. The second-order valence-corrected chi connectivity index (χ2v) is 6.36. The molecule has 2 heterocycles. The lowest BCUT2D eigenvalue weighted by atomic mass is 9.97. The summed E-state index contributed by atoms with van der Waals surface area (Å²) < 4.78 is 5.25. The minimum absolute atomic E-state index is 0.0452. The lowest BCUT2D eigenvalue weighted by molar-refractivity contribution is -0.126. The normalized spacial score (nSPS) is 18.2. The number of hydrogen-bond acceptors (Lipinski definition) is 4. The zero-order chi connectivity index (χ0) is 15.8. The zero-order valence-corrected chi connectivity index (χ0v) is 13.9. The van der Waals surface area contributed by atoms with Crippen LogP contribution in [-0.2, 0) is 9.53 Å². The van der Waals surface area contributed by atoms with E-state index >= 15 is 0 Å². The van der Waals surface area contributed by atoms with Crippen LogP contribution in [0.3, 0.4) is 0 Å². The van der Waals surface area contributed by atoms with E-state index in [2.05, 4.69) is 5.32 Å². The van der Waals surface area contributed by atoms with Gasteiger partial charge in [0, 0.05) is 32.8 Å². The highest BCUT2D eigenvalue weighted by Gasteiger charge is 2.28. The summed E-state index contributed by atoms with van der Waals surface area (Å²) in [5, 5.41) is 4.85. The molecule has 0 unspecified atom stereocenters. The molecule has 0 radical (unpaired) electrons. The van der Waals surface area contributed by atoms with Crippen molar-refractivity contribution in [3.8, 4) is 0 Å². The first kappa shape index (κ1) is 17.0. The average Bonchev–Trinajstić information content (AvgIpc) is 3.08. The van der Waals surface area contributed by atoms with Crippen molar-refractivity contribution in [1.29, 1.82) is 0 Å². The Labute approximate surface area is 135 Å². The van der Waals surface area contributed by atoms with E-state index in [9.17, 15) is 9.59 Å². The van der Waals surface area contributed by atoms with Gasteiger partial charge in [-0.3, -0.25) is 9.59 Å². The third-order valence-corrected chi connectivity index (χ3v) is 4.64. The second kappa shape index (κ2) is 8.90. The van der Waals surface area contributed by atoms with E-state index in [1.54, 1.807) is 4.90 Å². The number of likely N-dealkylation sites (tertiary alicyclic amines) is 1. The number of thiophene rings is 1. The van der Waals surface area contributed by atoms with E-state index in [1.165, 1.54) is 11.3 Å². The molecule has 1 N–H and O–H groups in total. The molecule has 6 heteroatoms. The largest absolute Gasteiger partial charge is 0.382 e. The van der Waals surface area contributed by atoms with Crippen LogP contribution in [0.25, 0.3) is 0 Å². The van der Waals surface area contributed by atoms with Crippen LogP contribution >= 0.6 is 11.3 Å². The molecular weight excluding hydrogens is 300 g/mol. The lowest BCUT2D eigenvalue weighted by Gasteiger charge is -2.31. The molecule has 0 spiro atoms. The van der Waals surface area contributed by atoms with Gasteiger partial charge < -0.3 is 15.0 Å². The Kier molecular flexibility index (Phi) is 6.86. The van der Waals surface area contributed by atoms with Crippen LogP contribution < -0.4 is 5.32 Å². The molecule has 1 fully saturated rings. The van der Waals surface area contributed by atoms with Crippen LogP contribution in [0.2, 0.25) is 0 Å². The van der Waals surface area contributed by atoms with Gasteiger partial charge in [0.05, 0.1) is 10.8 Å². The molecule has 1 aromatic rings. The molecule has 0 bridgehead atoms. The number of ether oxygens (including phenoxy) is 1. The van der Waals surface area contributed by atoms with Crippen molar-refractivity contribution < 1.29 is 14.3 Å². The Bertz CT molecular complexity index is 476. The predicted octanol–water partition coefficient (Wildman–Crippen LogP) is 2.14. The Morgan fingerprint density at radius 1 is 1.50 bits per heavy atom. The second-order valence-electron chi connectivity index (χ2n) is 5.41. The molecule has 1 atom stereocenters. The molecule has 2 rings (SSSR count). The predicted molar refractivity (Wildman–Crippen MR) is 87.1 cm³/mol. The smallest absolute Gasteiger partial charge is 0.263 e. The van der Waals surface area contributed by atoms with Crippen molar-refractivity contribution in [2.24, 2.45) is 5.92 Å². The Balaban J connectivity index is 1.77. The molecule has 122 valence electrons. The van der Waals surface area contributed by atoms with Gasteiger partial charge in [-0.2, -0.15) is 0 Å². The highest BCUT2D eigenvalue weighted by molar-refractivity contribution is 7.12. The summed E-state index contributed by atoms with van der Waals surface area (Å²) >= 11 is 1.45. The van der Waals surface area contributed by atoms with Gasteiger partial charge in [-0.05, 0) is 37.6 Å². The van der Waals surface area contributed by atoms with Crippen LogP contribution in [0, 0.1) is 5.92 Å². The Morgan fingerprint density at radius 2 is 2.36 bits per heavy atom. The van der Waals surface area contributed by atoms with E-state index in [0.717, 1.165) is 30.7 Å². The van der Waals surface area contributed by atoms with E-state index < -0.39 is 0 Å². The fourth-order valence-corrected chi connectivity index (χ4v) is 3.30. The number of hydrogen-bond donors (Lipinski definition) is 1. The van der Waals surface area contributed by atoms with Gasteiger partial charge in [-0.1, -0.05) is 6.07 Å². The number of rotatable bonds is 7. The Hall–Kier alpha value is -1.40. The summed E-state index contributed by atoms with van der Waals surface area (Å²) in [5.41, 5.74) is 0. The number of carbonyl (C=O) groups excluding carboxylic acids is 2.